The number of carbonyl (C=O) groups excluding carboxylic acids is 1. The Bertz CT molecular complexity index is 891. The van der Waals surface area contributed by atoms with Crippen LogP contribution < -0.4 is 4.90 Å². The summed E-state index contributed by atoms with van der Waals surface area (Å²) in [6.45, 7) is 5.11. The van der Waals surface area contributed by atoms with Crippen molar-refractivity contribution >= 4 is 17.4 Å². The highest BCUT2D eigenvalue weighted by Crippen LogP contribution is 2.33. The van der Waals surface area contributed by atoms with Crippen molar-refractivity contribution in [2.24, 2.45) is 5.92 Å². The van der Waals surface area contributed by atoms with E-state index in [4.69, 9.17) is 9.72 Å². The van der Waals surface area contributed by atoms with Crippen LogP contribution in [0.2, 0.25) is 0 Å². The van der Waals surface area contributed by atoms with Crippen molar-refractivity contribution in [3.05, 3.63) is 23.5 Å². The molecular weight excluding hydrogens is 368 g/mol. The van der Waals surface area contributed by atoms with Crippen molar-refractivity contribution in [1.29, 1.82) is 0 Å². The van der Waals surface area contributed by atoms with Crippen molar-refractivity contribution in [2.45, 2.75) is 32.8 Å². The molecule has 0 radical (unpaired) electrons. The Hall–Kier alpha value is -2.19. The maximum absolute atomic E-state index is 12.9. The van der Waals surface area contributed by atoms with Gasteiger partial charge < -0.3 is 19.4 Å². The first-order valence-corrected chi connectivity index (χ1v) is 10.2. The van der Waals surface area contributed by atoms with E-state index < -0.39 is 0 Å². The molecule has 1 amide bonds. The molecule has 8 heteroatoms. The Morgan fingerprint density at radius 1 is 1.17 bits per heavy atom. The van der Waals surface area contributed by atoms with Crippen molar-refractivity contribution < 1.29 is 9.53 Å². The standard InChI is InChI=1S/C20H28N6O2.CH4/c1-23-8-5-16-17(6-9-23)22-18-3-7-21-26(18)19(16)25-11-14(12-25)20(27)24-10-4-15(13-24)28-2;/h3,7,14-15H,4-6,8-13H2,1-2H3;1H4/t15-;/m0./s1. The second-order valence-corrected chi connectivity index (χ2v) is 8.30. The molecule has 1 atom stereocenters. The summed E-state index contributed by atoms with van der Waals surface area (Å²) in [4.78, 5) is 24.4. The molecule has 0 spiro atoms. The zero-order valence-electron chi connectivity index (χ0n) is 16.7. The Morgan fingerprint density at radius 3 is 2.72 bits per heavy atom. The Morgan fingerprint density at radius 2 is 1.97 bits per heavy atom. The molecule has 3 aliphatic rings. The molecule has 158 valence electrons. The number of carbonyl (C=O) groups is 1. The fraction of sp³-hybridized carbons (Fsp3) is 0.667. The summed E-state index contributed by atoms with van der Waals surface area (Å²) in [7, 11) is 3.89. The molecule has 2 aromatic rings. The molecule has 29 heavy (non-hydrogen) atoms. The van der Waals surface area contributed by atoms with Gasteiger partial charge in [-0.1, -0.05) is 7.43 Å². The van der Waals surface area contributed by atoms with Crippen LogP contribution in [0.4, 0.5) is 5.82 Å². The Balaban J connectivity index is 0.00000205. The molecule has 5 heterocycles. The number of methoxy groups -OCH3 is 1. The van der Waals surface area contributed by atoms with E-state index in [-0.39, 0.29) is 25.4 Å². The Labute approximate surface area is 172 Å². The molecule has 2 aromatic heterocycles. The van der Waals surface area contributed by atoms with Crippen LogP contribution in [0.15, 0.2) is 12.3 Å². The largest absolute Gasteiger partial charge is 0.380 e. The number of hydrogen-bond donors (Lipinski definition) is 0. The van der Waals surface area contributed by atoms with E-state index >= 15 is 0 Å². The molecule has 2 fully saturated rings. The van der Waals surface area contributed by atoms with Crippen LogP contribution in [0.5, 0.6) is 0 Å². The Kier molecular flexibility index (Phi) is 5.48. The van der Waals surface area contributed by atoms with Gasteiger partial charge in [0.25, 0.3) is 0 Å². The predicted octanol–water partition coefficient (Wildman–Crippen LogP) is 1.08. The highest BCUT2D eigenvalue weighted by Gasteiger charge is 2.40. The maximum Gasteiger partial charge on any atom is 0.229 e. The minimum Gasteiger partial charge on any atom is -0.380 e. The minimum absolute atomic E-state index is 0. The number of ether oxygens (including phenoxy) is 1. The van der Waals surface area contributed by atoms with Crippen LogP contribution in [0.25, 0.3) is 5.65 Å². The monoisotopic (exact) mass is 400 g/mol. The maximum atomic E-state index is 12.9. The molecule has 0 aromatic carbocycles. The third kappa shape index (κ3) is 3.48. The number of fused-ring (bicyclic) bond motifs is 2. The van der Waals surface area contributed by atoms with Gasteiger partial charge in [0, 0.05) is 64.4 Å². The number of rotatable bonds is 3. The van der Waals surface area contributed by atoms with Crippen molar-refractivity contribution in [1.82, 2.24) is 24.4 Å². The van der Waals surface area contributed by atoms with Gasteiger partial charge in [-0.2, -0.15) is 9.61 Å². The summed E-state index contributed by atoms with van der Waals surface area (Å²) >= 11 is 0. The lowest BCUT2D eigenvalue weighted by atomic mass is 9.97. The molecule has 0 bridgehead atoms. The third-order valence-electron chi connectivity index (χ3n) is 6.49. The fourth-order valence-corrected chi connectivity index (χ4v) is 4.69. The van der Waals surface area contributed by atoms with Crippen LogP contribution in [0.3, 0.4) is 0 Å². The number of likely N-dealkylation sites (tertiary alicyclic amines) is 1. The lowest BCUT2D eigenvalue weighted by Gasteiger charge is -2.42. The van der Waals surface area contributed by atoms with Gasteiger partial charge in [-0.05, 0) is 19.9 Å². The smallest absolute Gasteiger partial charge is 0.229 e. The highest BCUT2D eigenvalue weighted by molar-refractivity contribution is 5.82. The quantitative estimate of drug-likeness (QED) is 0.768. The van der Waals surface area contributed by atoms with Gasteiger partial charge >= 0.3 is 0 Å². The summed E-state index contributed by atoms with van der Waals surface area (Å²) in [6.07, 6.45) is 4.88. The van der Waals surface area contributed by atoms with Gasteiger partial charge in [0.1, 0.15) is 5.82 Å². The minimum atomic E-state index is 0. The van der Waals surface area contributed by atoms with Gasteiger partial charge in [-0.15, -0.1) is 0 Å². The summed E-state index contributed by atoms with van der Waals surface area (Å²) in [5, 5.41) is 4.53. The summed E-state index contributed by atoms with van der Waals surface area (Å²) in [5.41, 5.74) is 3.38. The van der Waals surface area contributed by atoms with E-state index in [2.05, 4.69) is 21.9 Å². The lowest BCUT2D eigenvalue weighted by molar-refractivity contribution is -0.135. The molecule has 0 aliphatic carbocycles. The highest BCUT2D eigenvalue weighted by atomic mass is 16.5. The van der Waals surface area contributed by atoms with E-state index in [1.54, 1.807) is 7.11 Å². The number of hydrogen-bond acceptors (Lipinski definition) is 6. The van der Waals surface area contributed by atoms with Gasteiger partial charge in [-0.3, -0.25) is 4.79 Å². The molecule has 3 aliphatic heterocycles. The molecule has 0 saturated carbocycles. The molecular formula is C21H32N6O2. The first-order chi connectivity index (χ1) is 13.6. The number of likely N-dealkylation sites (N-methyl/N-ethyl adjacent to an activating group) is 1. The van der Waals surface area contributed by atoms with Crippen molar-refractivity contribution in [2.75, 3.05) is 58.3 Å². The van der Waals surface area contributed by atoms with Crippen LogP contribution in [0, 0.1) is 5.92 Å². The van der Waals surface area contributed by atoms with Crippen molar-refractivity contribution in [3.63, 3.8) is 0 Å². The molecule has 0 N–H and O–H groups in total. The summed E-state index contributed by atoms with van der Waals surface area (Å²) < 4.78 is 7.37. The lowest BCUT2D eigenvalue weighted by Crippen LogP contribution is -2.55. The van der Waals surface area contributed by atoms with E-state index in [1.165, 1.54) is 11.3 Å². The van der Waals surface area contributed by atoms with E-state index in [0.717, 1.165) is 70.0 Å². The second kappa shape index (κ2) is 7.91. The van der Waals surface area contributed by atoms with Crippen molar-refractivity contribution in [3.8, 4) is 0 Å². The first kappa shape index (κ1) is 20.1. The average molecular weight is 401 g/mol. The van der Waals surface area contributed by atoms with Gasteiger partial charge in [0.15, 0.2) is 5.65 Å². The van der Waals surface area contributed by atoms with Crippen LogP contribution in [-0.2, 0) is 22.4 Å². The second-order valence-electron chi connectivity index (χ2n) is 8.30. The number of aromatic nitrogens is 3. The van der Waals surface area contributed by atoms with Crippen LogP contribution in [0.1, 0.15) is 25.1 Å². The fourth-order valence-electron chi connectivity index (χ4n) is 4.69. The number of nitrogens with zero attached hydrogens (tertiary/aromatic N) is 6. The SMILES string of the molecule is C.CO[C@H]1CCN(C(=O)C2CN(c3c4c(nc5ccnn35)CCN(C)CC4)C2)C1. The molecule has 2 saturated heterocycles. The summed E-state index contributed by atoms with van der Waals surface area (Å²) in [5.74, 6) is 1.48. The van der Waals surface area contributed by atoms with Gasteiger partial charge in [0.2, 0.25) is 5.91 Å². The zero-order valence-corrected chi connectivity index (χ0v) is 16.7. The van der Waals surface area contributed by atoms with Gasteiger partial charge in [-0.25, -0.2) is 4.98 Å². The molecule has 5 rings (SSSR count). The number of anilines is 1. The molecule has 8 nitrogen and oxygen atoms in total. The normalized spacial score (nSPS) is 22.9. The van der Waals surface area contributed by atoms with Crippen LogP contribution in [-0.4, -0.2) is 89.8 Å². The van der Waals surface area contributed by atoms with E-state index in [1.807, 2.05) is 21.7 Å². The third-order valence-corrected chi connectivity index (χ3v) is 6.49. The number of amides is 1. The van der Waals surface area contributed by atoms with Crippen LogP contribution >= 0.6 is 0 Å². The average Bonchev–Trinajstić information content (AvgIpc) is 3.28. The van der Waals surface area contributed by atoms with E-state index in [0.29, 0.717) is 0 Å². The zero-order chi connectivity index (χ0) is 19.3. The van der Waals surface area contributed by atoms with E-state index in [9.17, 15) is 4.79 Å². The topological polar surface area (TPSA) is 66.2 Å². The summed E-state index contributed by atoms with van der Waals surface area (Å²) in [6, 6.07) is 1.97. The predicted molar refractivity (Wildman–Crippen MR) is 112 cm³/mol. The molecule has 0 unspecified atom stereocenters. The first-order valence-electron chi connectivity index (χ1n) is 10.2. The van der Waals surface area contributed by atoms with Gasteiger partial charge in [0.05, 0.1) is 23.9 Å².